The number of anilines is 6. The van der Waals surface area contributed by atoms with E-state index in [4.69, 9.17) is 0 Å². The molecule has 0 aliphatic carbocycles. The summed E-state index contributed by atoms with van der Waals surface area (Å²) in [6.45, 7) is 14.2. The molecule has 2 aliphatic heterocycles. The quantitative estimate of drug-likeness (QED) is 0.140. The lowest BCUT2D eigenvalue weighted by atomic mass is 9.33. The van der Waals surface area contributed by atoms with Gasteiger partial charge in [-0.15, -0.1) is 0 Å². The van der Waals surface area contributed by atoms with Crippen molar-refractivity contribution in [2.75, 3.05) is 9.80 Å². The Balaban J connectivity index is 1.17. The van der Waals surface area contributed by atoms with Gasteiger partial charge in [-0.25, -0.2) is 0 Å². The van der Waals surface area contributed by atoms with E-state index in [0.29, 0.717) is 0 Å². The minimum Gasteiger partial charge on any atom is -0.311 e. The van der Waals surface area contributed by atoms with Gasteiger partial charge in [0.2, 0.25) is 0 Å². The molecule has 13 rings (SSSR count). The maximum Gasteiger partial charge on any atom is 0.252 e. The van der Waals surface area contributed by atoms with Crippen LogP contribution < -0.4 is 26.2 Å². The van der Waals surface area contributed by atoms with Gasteiger partial charge in [0.1, 0.15) is 0 Å². The second-order valence-corrected chi connectivity index (χ2v) is 23.0. The van der Waals surface area contributed by atoms with E-state index in [-0.39, 0.29) is 17.5 Å². The van der Waals surface area contributed by atoms with Gasteiger partial charge in [0.05, 0.1) is 0 Å². The predicted molar refractivity (Wildman–Crippen MR) is 330 cm³/mol. The van der Waals surface area contributed by atoms with Crippen LogP contribution in [0.3, 0.4) is 0 Å². The Morgan fingerprint density at radius 1 is 0.260 bits per heavy atom. The minimum atomic E-state index is -0.179. The largest absolute Gasteiger partial charge is 0.311 e. The van der Waals surface area contributed by atoms with Crippen molar-refractivity contribution < 1.29 is 0 Å². The number of hydrogen-bond acceptors (Lipinski definition) is 2. The van der Waals surface area contributed by atoms with Crippen LogP contribution in [0.15, 0.2) is 261 Å². The zero-order valence-electron chi connectivity index (χ0n) is 44.8. The van der Waals surface area contributed by atoms with Crippen molar-refractivity contribution in [1.29, 1.82) is 0 Å². The fraction of sp³-hybridized carbons (Fsp3) is 0.108. The van der Waals surface area contributed by atoms with Gasteiger partial charge in [-0.05, 0) is 166 Å². The Morgan fingerprint density at radius 3 is 0.831 bits per heavy atom. The third-order valence-electron chi connectivity index (χ3n) is 15.8. The summed E-state index contributed by atoms with van der Waals surface area (Å²) >= 11 is 0. The lowest BCUT2D eigenvalue weighted by molar-refractivity contribution is 0.592. The fourth-order valence-electron chi connectivity index (χ4n) is 12.2. The smallest absolute Gasteiger partial charge is 0.252 e. The summed E-state index contributed by atoms with van der Waals surface area (Å²) in [5, 5.41) is 0. The number of benzene rings is 11. The Kier molecular flexibility index (Phi) is 11.8. The van der Waals surface area contributed by atoms with Crippen molar-refractivity contribution in [3.8, 4) is 66.8 Å². The molecule has 0 fully saturated rings. The summed E-state index contributed by atoms with van der Waals surface area (Å²) < 4.78 is 0. The number of fused-ring (bicyclic) bond motifs is 4. The molecule has 2 nitrogen and oxygen atoms in total. The molecule has 0 bridgehead atoms. The van der Waals surface area contributed by atoms with Crippen molar-refractivity contribution >= 4 is 57.2 Å². The van der Waals surface area contributed by atoms with E-state index in [0.717, 1.165) is 11.4 Å². The molecule has 0 unspecified atom stereocenters. The standard InChI is InChI=1S/C74H61BN2/c1-73(2,3)64-48-66-70(46-62(64)54-34-21-11-22-35-54)76(60-42-56(50-26-13-7-14-27-50)40-57(43-60)51-28-15-8-16-29-51)68-38-25-39-69-72(68)75(66)67-49-65(74(4,5)6)63(55-36-23-12-24-37-55)47-71(67)77(69)61-44-58(52-30-17-9-18-31-52)41-59(45-61)53-32-19-10-20-33-53/h7-49H,1-6H3. The van der Waals surface area contributed by atoms with Crippen LogP contribution in [0.2, 0.25) is 0 Å². The van der Waals surface area contributed by atoms with Crippen LogP contribution in [0.1, 0.15) is 52.7 Å². The summed E-state index contributed by atoms with van der Waals surface area (Å²) in [4.78, 5) is 5.20. The van der Waals surface area contributed by atoms with Crippen molar-refractivity contribution in [2.45, 2.75) is 52.4 Å². The van der Waals surface area contributed by atoms with Crippen LogP contribution in [0, 0.1) is 0 Å². The molecular formula is C74H61BN2. The molecule has 2 aliphatic rings. The Labute approximate surface area is 455 Å². The molecule has 11 aromatic carbocycles. The summed E-state index contributed by atoms with van der Waals surface area (Å²) in [6.07, 6.45) is 0. The van der Waals surface area contributed by atoms with Crippen LogP contribution in [-0.4, -0.2) is 6.71 Å². The first-order valence-corrected chi connectivity index (χ1v) is 27.2. The van der Waals surface area contributed by atoms with Crippen LogP contribution in [0.25, 0.3) is 66.8 Å². The maximum atomic E-state index is 2.60. The molecule has 77 heavy (non-hydrogen) atoms. The fourth-order valence-corrected chi connectivity index (χ4v) is 12.2. The van der Waals surface area contributed by atoms with Gasteiger partial charge < -0.3 is 9.80 Å². The van der Waals surface area contributed by atoms with E-state index in [1.54, 1.807) is 0 Å². The Bertz CT molecular complexity index is 3600. The first-order chi connectivity index (χ1) is 37.5. The minimum absolute atomic E-state index is 0.104. The molecular weight excluding hydrogens is 928 g/mol. The maximum absolute atomic E-state index is 2.60. The van der Waals surface area contributed by atoms with Gasteiger partial charge >= 0.3 is 0 Å². The molecule has 0 atom stereocenters. The first kappa shape index (κ1) is 47.8. The molecule has 0 saturated heterocycles. The van der Waals surface area contributed by atoms with Crippen molar-refractivity contribution in [2.24, 2.45) is 0 Å². The summed E-state index contributed by atoms with van der Waals surface area (Å²) in [7, 11) is 0. The van der Waals surface area contributed by atoms with Crippen molar-refractivity contribution in [3.05, 3.63) is 272 Å². The third kappa shape index (κ3) is 8.67. The van der Waals surface area contributed by atoms with Crippen LogP contribution in [0.5, 0.6) is 0 Å². The highest BCUT2D eigenvalue weighted by Gasteiger charge is 2.45. The molecule has 0 aromatic heterocycles. The monoisotopic (exact) mass is 988 g/mol. The third-order valence-corrected chi connectivity index (χ3v) is 15.8. The molecule has 370 valence electrons. The van der Waals surface area contributed by atoms with Gasteiger partial charge in [-0.3, -0.25) is 0 Å². The second-order valence-electron chi connectivity index (χ2n) is 23.0. The summed E-state index contributed by atoms with van der Waals surface area (Å²) in [5.41, 5.74) is 27.5. The van der Waals surface area contributed by atoms with Crippen LogP contribution in [0.4, 0.5) is 34.1 Å². The van der Waals surface area contributed by atoms with E-state index in [1.165, 1.54) is 117 Å². The highest BCUT2D eigenvalue weighted by atomic mass is 15.2. The molecule has 0 N–H and O–H groups in total. The van der Waals surface area contributed by atoms with E-state index < -0.39 is 0 Å². The number of rotatable bonds is 8. The van der Waals surface area contributed by atoms with Crippen molar-refractivity contribution in [1.82, 2.24) is 0 Å². The van der Waals surface area contributed by atoms with E-state index in [1.807, 2.05) is 0 Å². The predicted octanol–water partition coefficient (Wildman–Crippen LogP) is 18.4. The molecule has 0 spiro atoms. The Morgan fingerprint density at radius 2 is 0.545 bits per heavy atom. The number of nitrogens with zero attached hydrogens (tertiary/aromatic N) is 2. The number of hydrogen-bond donors (Lipinski definition) is 0. The van der Waals surface area contributed by atoms with Gasteiger partial charge in [0, 0.05) is 34.1 Å². The average molecular weight is 989 g/mol. The Hall–Kier alpha value is -8.92. The highest BCUT2D eigenvalue weighted by molar-refractivity contribution is 7.00. The lowest BCUT2D eigenvalue weighted by Crippen LogP contribution is -2.61. The van der Waals surface area contributed by atoms with E-state index in [9.17, 15) is 0 Å². The molecule has 0 saturated carbocycles. The van der Waals surface area contributed by atoms with Gasteiger partial charge in [-0.2, -0.15) is 0 Å². The topological polar surface area (TPSA) is 6.48 Å². The normalized spacial score (nSPS) is 12.7. The molecule has 0 radical (unpaired) electrons. The first-order valence-electron chi connectivity index (χ1n) is 27.2. The summed E-state index contributed by atoms with van der Waals surface area (Å²) in [6, 6.07) is 97.3. The van der Waals surface area contributed by atoms with E-state index in [2.05, 4.69) is 312 Å². The van der Waals surface area contributed by atoms with Crippen molar-refractivity contribution in [3.63, 3.8) is 0 Å². The van der Waals surface area contributed by atoms with Gasteiger partial charge in [0.15, 0.2) is 0 Å². The van der Waals surface area contributed by atoms with Gasteiger partial charge in [-0.1, -0.05) is 242 Å². The summed E-state index contributed by atoms with van der Waals surface area (Å²) in [5.74, 6) is 0. The average Bonchev–Trinajstić information content (AvgIpc) is 3.66. The zero-order chi connectivity index (χ0) is 52.4. The van der Waals surface area contributed by atoms with Crippen LogP contribution >= 0.6 is 0 Å². The van der Waals surface area contributed by atoms with E-state index >= 15 is 0 Å². The molecule has 11 aromatic rings. The zero-order valence-corrected chi connectivity index (χ0v) is 44.8. The molecule has 3 heteroatoms. The highest BCUT2D eigenvalue weighted by Crippen LogP contribution is 2.50. The SMILES string of the molecule is CC(C)(C)c1cc2c(cc1-c1ccccc1)N(c1cc(-c3ccccc3)cc(-c3ccccc3)c1)c1cccc3c1B2c1cc(C(C)(C)C)c(-c2ccccc2)cc1N3c1cc(-c2ccccc2)cc(-c2ccccc2)c1. The van der Waals surface area contributed by atoms with Crippen LogP contribution in [-0.2, 0) is 10.8 Å². The molecule has 2 heterocycles. The lowest BCUT2D eigenvalue weighted by Gasteiger charge is -2.45. The van der Waals surface area contributed by atoms with Gasteiger partial charge in [0.25, 0.3) is 6.71 Å². The molecule has 0 amide bonds. The second kappa shape index (κ2) is 19.0.